The van der Waals surface area contributed by atoms with Gasteiger partial charge in [0.25, 0.3) is 0 Å². The van der Waals surface area contributed by atoms with Crippen LogP contribution in [0.5, 0.6) is 5.75 Å². The van der Waals surface area contributed by atoms with Crippen LogP contribution in [-0.4, -0.2) is 42.0 Å². The van der Waals surface area contributed by atoms with Crippen molar-refractivity contribution in [2.75, 3.05) is 20.3 Å². The van der Waals surface area contributed by atoms with Gasteiger partial charge >= 0.3 is 0 Å². The highest BCUT2D eigenvalue weighted by molar-refractivity contribution is 5.79. The lowest BCUT2D eigenvalue weighted by Crippen LogP contribution is -2.41. The molecule has 0 aliphatic rings. The van der Waals surface area contributed by atoms with E-state index in [0.29, 0.717) is 18.6 Å². The Hall–Kier alpha value is -1.59. The molecule has 1 atom stereocenters. The molecule has 0 aliphatic carbocycles. The van der Waals surface area contributed by atoms with Crippen LogP contribution in [0.4, 0.5) is 0 Å². The fourth-order valence-electron chi connectivity index (χ4n) is 1.60. The van der Waals surface area contributed by atoms with Gasteiger partial charge in [0.15, 0.2) is 0 Å². The number of rotatable bonds is 7. The second-order valence-electron chi connectivity index (χ2n) is 4.82. The number of methoxy groups -OCH3 is 1. The molecule has 5 nitrogen and oxygen atoms in total. The van der Waals surface area contributed by atoms with Crippen molar-refractivity contribution >= 4 is 5.91 Å². The van der Waals surface area contributed by atoms with Crippen LogP contribution in [0.15, 0.2) is 24.3 Å². The number of amides is 1. The maximum absolute atomic E-state index is 11.7. The van der Waals surface area contributed by atoms with Gasteiger partial charge in [0, 0.05) is 32.2 Å². The zero-order valence-electron chi connectivity index (χ0n) is 11.3. The van der Waals surface area contributed by atoms with Crippen LogP contribution >= 0.6 is 0 Å². The lowest BCUT2D eigenvalue weighted by Gasteiger charge is -2.23. The van der Waals surface area contributed by atoms with E-state index >= 15 is 0 Å². The van der Waals surface area contributed by atoms with E-state index in [4.69, 9.17) is 4.74 Å². The molecular formula is C14H21NO4. The third-order valence-electron chi connectivity index (χ3n) is 2.85. The first-order chi connectivity index (χ1) is 8.94. The standard InChI is InChI=1S/C14H21NO4/c1-14(18,7-8-19-2)10-15-13(17)9-11-5-3-4-6-12(11)16/h3-6,16,18H,7-10H2,1-2H3,(H,15,17). The quantitative estimate of drug-likeness (QED) is 0.684. The van der Waals surface area contributed by atoms with Gasteiger partial charge in [-0.1, -0.05) is 18.2 Å². The molecule has 19 heavy (non-hydrogen) atoms. The van der Waals surface area contributed by atoms with Crippen molar-refractivity contribution in [3.05, 3.63) is 29.8 Å². The first kappa shape index (κ1) is 15.5. The highest BCUT2D eigenvalue weighted by atomic mass is 16.5. The van der Waals surface area contributed by atoms with Crippen molar-refractivity contribution in [3.63, 3.8) is 0 Å². The number of benzene rings is 1. The number of aromatic hydroxyl groups is 1. The molecule has 0 bridgehead atoms. The van der Waals surface area contributed by atoms with E-state index in [0.717, 1.165) is 0 Å². The average Bonchev–Trinajstić information content (AvgIpc) is 2.37. The minimum absolute atomic E-state index is 0.0903. The van der Waals surface area contributed by atoms with E-state index in [1.54, 1.807) is 32.2 Å². The smallest absolute Gasteiger partial charge is 0.224 e. The van der Waals surface area contributed by atoms with Gasteiger partial charge in [-0.15, -0.1) is 0 Å². The predicted octanol–water partition coefficient (Wildman–Crippen LogP) is 0.838. The Morgan fingerprint density at radius 1 is 1.42 bits per heavy atom. The molecule has 1 aromatic rings. The number of hydrogen-bond donors (Lipinski definition) is 3. The Morgan fingerprint density at radius 3 is 2.74 bits per heavy atom. The molecule has 1 amide bonds. The fraction of sp³-hybridized carbons (Fsp3) is 0.500. The molecule has 1 unspecified atom stereocenters. The van der Waals surface area contributed by atoms with Crippen molar-refractivity contribution in [2.45, 2.75) is 25.4 Å². The van der Waals surface area contributed by atoms with Crippen LogP contribution < -0.4 is 5.32 Å². The SMILES string of the molecule is COCCC(C)(O)CNC(=O)Cc1ccccc1O. The summed E-state index contributed by atoms with van der Waals surface area (Å²) in [7, 11) is 1.56. The van der Waals surface area contributed by atoms with E-state index in [2.05, 4.69) is 5.32 Å². The van der Waals surface area contributed by atoms with Crippen molar-refractivity contribution in [1.82, 2.24) is 5.32 Å². The van der Waals surface area contributed by atoms with E-state index in [-0.39, 0.29) is 24.6 Å². The molecule has 0 aliphatic heterocycles. The van der Waals surface area contributed by atoms with Crippen LogP contribution in [0.2, 0.25) is 0 Å². The maximum Gasteiger partial charge on any atom is 0.224 e. The summed E-state index contributed by atoms with van der Waals surface area (Å²) < 4.78 is 4.89. The molecule has 0 radical (unpaired) electrons. The van der Waals surface area contributed by atoms with Crippen molar-refractivity contribution in [2.24, 2.45) is 0 Å². The molecule has 0 spiro atoms. The average molecular weight is 267 g/mol. The number of phenolic OH excluding ortho intramolecular Hbond substituents is 1. The number of aliphatic hydroxyl groups is 1. The minimum Gasteiger partial charge on any atom is -0.508 e. The van der Waals surface area contributed by atoms with Crippen LogP contribution in [0, 0.1) is 0 Å². The Labute approximate surface area is 113 Å². The molecular weight excluding hydrogens is 246 g/mol. The molecule has 0 saturated heterocycles. The number of para-hydroxylation sites is 1. The normalized spacial score (nSPS) is 13.8. The number of carbonyl (C=O) groups excluding carboxylic acids is 1. The van der Waals surface area contributed by atoms with E-state index in [1.807, 2.05) is 0 Å². The van der Waals surface area contributed by atoms with Gasteiger partial charge in [-0.2, -0.15) is 0 Å². The minimum atomic E-state index is -0.996. The van der Waals surface area contributed by atoms with Gasteiger partial charge in [-0.3, -0.25) is 4.79 Å². The van der Waals surface area contributed by atoms with Crippen molar-refractivity contribution in [1.29, 1.82) is 0 Å². The number of ether oxygens (including phenoxy) is 1. The predicted molar refractivity (Wildman–Crippen MR) is 71.9 cm³/mol. The number of carbonyl (C=O) groups is 1. The highest BCUT2D eigenvalue weighted by Gasteiger charge is 2.21. The third kappa shape index (κ3) is 5.72. The van der Waals surface area contributed by atoms with Gasteiger partial charge in [0.1, 0.15) is 5.75 Å². The van der Waals surface area contributed by atoms with Crippen molar-refractivity contribution in [3.8, 4) is 5.75 Å². The molecule has 0 aromatic heterocycles. The monoisotopic (exact) mass is 267 g/mol. The molecule has 0 saturated carbocycles. The molecule has 1 aromatic carbocycles. The van der Waals surface area contributed by atoms with E-state index in [1.165, 1.54) is 6.07 Å². The summed E-state index contributed by atoms with van der Waals surface area (Å²) in [5, 5.41) is 22.2. The third-order valence-corrected chi connectivity index (χ3v) is 2.85. The maximum atomic E-state index is 11.7. The van der Waals surface area contributed by atoms with Gasteiger partial charge < -0.3 is 20.3 Å². The molecule has 106 valence electrons. The van der Waals surface area contributed by atoms with Crippen LogP contribution in [0.25, 0.3) is 0 Å². The Morgan fingerprint density at radius 2 is 2.11 bits per heavy atom. The number of phenols is 1. The van der Waals surface area contributed by atoms with Crippen molar-refractivity contribution < 1.29 is 19.7 Å². The van der Waals surface area contributed by atoms with Gasteiger partial charge in [0.05, 0.1) is 12.0 Å². The zero-order valence-corrected chi connectivity index (χ0v) is 11.3. The van der Waals surface area contributed by atoms with Gasteiger partial charge in [0.2, 0.25) is 5.91 Å². The fourth-order valence-corrected chi connectivity index (χ4v) is 1.60. The first-order valence-corrected chi connectivity index (χ1v) is 6.19. The Balaban J connectivity index is 2.42. The second-order valence-corrected chi connectivity index (χ2v) is 4.82. The summed E-state index contributed by atoms with van der Waals surface area (Å²) in [6.45, 7) is 2.23. The summed E-state index contributed by atoms with van der Waals surface area (Å²) in [6, 6.07) is 6.69. The lowest BCUT2D eigenvalue weighted by atomic mass is 10.0. The number of hydrogen-bond acceptors (Lipinski definition) is 4. The summed E-state index contributed by atoms with van der Waals surface area (Å²) in [6.07, 6.45) is 0.535. The summed E-state index contributed by atoms with van der Waals surface area (Å²) in [5.41, 5.74) is -0.429. The molecule has 0 fully saturated rings. The summed E-state index contributed by atoms with van der Waals surface area (Å²) in [5.74, 6) is -0.136. The van der Waals surface area contributed by atoms with Crippen LogP contribution in [0.3, 0.4) is 0 Å². The van der Waals surface area contributed by atoms with Gasteiger partial charge in [-0.05, 0) is 13.0 Å². The van der Waals surface area contributed by atoms with Gasteiger partial charge in [-0.25, -0.2) is 0 Å². The van der Waals surface area contributed by atoms with E-state index in [9.17, 15) is 15.0 Å². The lowest BCUT2D eigenvalue weighted by molar-refractivity contribution is -0.121. The Kier molecular flexibility index (Phi) is 5.79. The molecule has 1 rings (SSSR count). The second kappa shape index (κ2) is 7.11. The van der Waals surface area contributed by atoms with Crippen LogP contribution in [0.1, 0.15) is 18.9 Å². The summed E-state index contributed by atoms with van der Waals surface area (Å²) in [4.78, 5) is 11.7. The Bertz CT molecular complexity index is 418. The topological polar surface area (TPSA) is 78.8 Å². The molecule has 5 heteroatoms. The van der Waals surface area contributed by atoms with E-state index < -0.39 is 5.60 Å². The molecule has 3 N–H and O–H groups in total. The first-order valence-electron chi connectivity index (χ1n) is 6.19. The largest absolute Gasteiger partial charge is 0.508 e. The zero-order chi connectivity index (χ0) is 14.3. The highest BCUT2D eigenvalue weighted by Crippen LogP contribution is 2.16. The van der Waals surface area contributed by atoms with Crippen LogP contribution in [-0.2, 0) is 16.0 Å². The number of nitrogens with one attached hydrogen (secondary N) is 1. The molecule has 0 heterocycles. The summed E-state index contributed by atoms with van der Waals surface area (Å²) >= 11 is 0.